The summed E-state index contributed by atoms with van der Waals surface area (Å²) in [5, 5.41) is 11.4. The van der Waals surface area contributed by atoms with E-state index in [1.165, 1.54) is 13.3 Å². The maximum atomic E-state index is 11.7. The average molecular weight is 224 g/mol. The van der Waals surface area contributed by atoms with Gasteiger partial charge in [0.25, 0.3) is 5.91 Å². The van der Waals surface area contributed by atoms with Gasteiger partial charge in [-0.2, -0.15) is 0 Å². The van der Waals surface area contributed by atoms with Gasteiger partial charge in [-0.15, -0.1) is 0 Å². The standard InChI is InChI=1S/C11H16N2O3/c1-8(4-6-14)13-11(15)10-7-9(16-2)3-5-12-10/h3,5,7-8,14H,4,6H2,1-2H3,(H,13,15). The molecule has 1 aromatic rings. The number of amides is 1. The third kappa shape index (κ3) is 3.51. The molecule has 0 bridgehead atoms. The van der Waals surface area contributed by atoms with Crippen molar-refractivity contribution in [2.75, 3.05) is 13.7 Å². The Balaban J connectivity index is 2.65. The van der Waals surface area contributed by atoms with Crippen LogP contribution in [0, 0.1) is 0 Å². The molecule has 1 amide bonds. The van der Waals surface area contributed by atoms with Gasteiger partial charge in [-0.05, 0) is 19.4 Å². The number of carbonyl (C=O) groups excluding carboxylic acids is 1. The number of ether oxygens (including phenoxy) is 1. The zero-order chi connectivity index (χ0) is 12.0. The van der Waals surface area contributed by atoms with Crippen molar-refractivity contribution in [1.29, 1.82) is 0 Å². The van der Waals surface area contributed by atoms with E-state index >= 15 is 0 Å². The number of hydrogen-bond acceptors (Lipinski definition) is 4. The fourth-order valence-corrected chi connectivity index (χ4v) is 1.23. The zero-order valence-electron chi connectivity index (χ0n) is 9.43. The van der Waals surface area contributed by atoms with Crippen LogP contribution in [0.1, 0.15) is 23.8 Å². The van der Waals surface area contributed by atoms with Crippen LogP contribution >= 0.6 is 0 Å². The van der Waals surface area contributed by atoms with Gasteiger partial charge in [0, 0.05) is 24.9 Å². The van der Waals surface area contributed by atoms with Gasteiger partial charge in [0.05, 0.1) is 7.11 Å². The summed E-state index contributed by atoms with van der Waals surface area (Å²) in [5.41, 5.74) is 0.309. The Kier molecular flexibility index (Phi) is 4.72. The summed E-state index contributed by atoms with van der Waals surface area (Å²) in [6, 6.07) is 3.17. The van der Waals surface area contributed by atoms with Gasteiger partial charge in [0.15, 0.2) is 0 Å². The molecule has 0 aliphatic heterocycles. The van der Waals surface area contributed by atoms with Crippen molar-refractivity contribution in [3.8, 4) is 5.75 Å². The number of hydrogen-bond donors (Lipinski definition) is 2. The van der Waals surface area contributed by atoms with Crippen molar-refractivity contribution in [3.05, 3.63) is 24.0 Å². The Morgan fingerprint density at radius 2 is 2.44 bits per heavy atom. The molecule has 0 radical (unpaired) electrons. The molecule has 0 saturated carbocycles. The second-order valence-electron chi connectivity index (χ2n) is 3.47. The van der Waals surface area contributed by atoms with Gasteiger partial charge in [0.2, 0.25) is 0 Å². The van der Waals surface area contributed by atoms with Crippen LogP contribution in [0.3, 0.4) is 0 Å². The fraction of sp³-hybridized carbons (Fsp3) is 0.455. The third-order valence-electron chi connectivity index (χ3n) is 2.14. The molecule has 0 aromatic carbocycles. The van der Waals surface area contributed by atoms with E-state index in [0.717, 1.165) is 0 Å². The monoisotopic (exact) mass is 224 g/mol. The normalized spacial score (nSPS) is 11.9. The molecule has 88 valence electrons. The second kappa shape index (κ2) is 6.07. The summed E-state index contributed by atoms with van der Waals surface area (Å²) in [5.74, 6) is 0.329. The van der Waals surface area contributed by atoms with Crippen molar-refractivity contribution in [3.63, 3.8) is 0 Å². The molecule has 1 aromatic heterocycles. The number of aliphatic hydroxyl groups is 1. The molecule has 16 heavy (non-hydrogen) atoms. The van der Waals surface area contributed by atoms with E-state index in [9.17, 15) is 4.79 Å². The Bertz CT molecular complexity index is 355. The van der Waals surface area contributed by atoms with E-state index in [1.807, 2.05) is 6.92 Å². The van der Waals surface area contributed by atoms with Crippen molar-refractivity contribution in [2.45, 2.75) is 19.4 Å². The smallest absolute Gasteiger partial charge is 0.270 e. The first-order valence-electron chi connectivity index (χ1n) is 5.09. The molecule has 0 aliphatic rings. The van der Waals surface area contributed by atoms with Crippen molar-refractivity contribution >= 4 is 5.91 Å². The highest BCUT2D eigenvalue weighted by Gasteiger charge is 2.11. The largest absolute Gasteiger partial charge is 0.497 e. The molecular weight excluding hydrogens is 208 g/mol. The van der Waals surface area contributed by atoms with Crippen LogP contribution in [0.25, 0.3) is 0 Å². The molecule has 1 unspecified atom stereocenters. The highest BCUT2D eigenvalue weighted by atomic mass is 16.5. The molecule has 0 spiro atoms. The van der Waals surface area contributed by atoms with Crippen LogP contribution < -0.4 is 10.1 Å². The highest BCUT2D eigenvalue weighted by Crippen LogP contribution is 2.09. The minimum atomic E-state index is -0.264. The molecule has 5 nitrogen and oxygen atoms in total. The lowest BCUT2D eigenvalue weighted by Gasteiger charge is -2.12. The van der Waals surface area contributed by atoms with Gasteiger partial charge < -0.3 is 15.2 Å². The minimum absolute atomic E-state index is 0.0486. The molecule has 0 saturated heterocycles. The maximum absolute atomic E-state index is 11.7. The third-order valence-corrected chi connectivity index (χ3v) is 2.14. The van der Waals surface area contributed by atoms with Crippen LogP contribution in [0.2, 0.25) is 0 Å². The molecule has 0 fully saturated rings. The maximum Gasteiger partial charge on any atom is 0.270 e. The van der Waals surface area contributed by atoms with E-state index in [2.05, 4.69) is 10.3 Å². The molecular formula is C11H16N2O3. The van der Waals surface area contributed by atoms with Gasteiger partial charge in [-0.1, -0.05) is 0 Å². The fourth-order valence-electron chi connectivity index (χ4n) is 1.23. The Morgan fingerprint density at radius 3 is 3.06 bits per heavy atom. The lowest BCUT2D eigenvalue weighted by atomic mass is 10.2. The number of carbonyl (C=O) groups is 1. The van der Waals surface area contributed by atoms with Gasteiger partial charge in [-0.25, -0.2) is 0 Å². The minimum Gasteiger partial charge on any atom is -0.497 e. The van der Waals surface area contributed by atoms with Gasteiger partial charge in [0.1, 0.15) is 11.4 Å². The lowest BCUT2D eigenvalue weighted by Crippen LogP contribution is -2.33. The van der Waals surface area contributed by atoms with Crippen LogP contribution in [0.4, 0.5) is 0 Å². The average Bonchev–Trinajstić information content (AvgIpc) is 2.29. The zero-order valence-corrected chi connectivity index (χ0v) is 9.43. The van der Waals surface area contributed by atoms with E-state index in [4.69, 9.17) is 9.84 Å². The van der Waals surface area contributed by atoms with Crippen LogP contribution in [-0.4, -0.2) is 35.8 Å². The molecule has 5 heteroatoms. The first-order valence-corrected chi connectivity index (χ1v) is 5.09. The summed E-state index contributed by atoms with van der Waals surface area (Å²) >= 11 is 0. The number of pyridine rings is 1. The summed E-state index contributed by atoms with van der Waals surface area (Å²) in [6.07, 6.45) is 2.04. The summed E-state index contributed by atoms with van der Waals surface area (Å²) in [7, 11) is 1.53. The number of aromatic nitrogens is 1. The quantitative estimate of drug-likeness (QED) is 0.768. The summed E-state index contributed by atoms with van der Waals surface area (Å²) < 4.78 is 5.00. The topological polar surface area (TPSA) is 71.5 Å². The highest BCUT2D eigenvalue weighted by molar-refractivity contribution is 5.92. The second-order valence-corrected chi connectivity index (χ2v) is 3.47. The molecule has 2 N–H and O–H groups in total. The number of rotatable bonds is 5. The van der Waals surface area contributed by atoms with Crippen molar-refractivity contribution < 1.29 is 14.6 Å². The van der Waals surface area contributed by atoms with E-state index in [-0.39, 0.29) is 18.6 Å². The van der Waals surface area contributed by atoms with Crippen LogP contribution in [-0.2, 0) is 0 Å². The van der Waals surface area contributed by atoms with Crippen molar-refractivity contribution in [2.24, 2.45) is 0 Å². The Labute approximate surface area is 94.5 Å². The molecule has 1 atom stereocenters. The first-order chi connectivity index (χ1) is 7.67. The molecule has 0 aliphatic carbocycles. The van der Waals surface area contributed by atoms with Crippen LogP contribution in [0.5, 0.6) is 5.75 Å². The van der Waals surface area contributed by atoms with E-state index in [0.29, 0.717) is 17.9 Å². The molecule has 1 heterocycles. The summed E-state index contributed by atoms with van der Waals surface area (Å²) in [6.45, 7) is 1.88. The van der Waals surface area contributed by atoms with Gasteiger partial charge in [-0.3, -0.25) is 9.78 Å². The van der Waals surface area contributed by atoms with Crippen LogP contribution in [0.15, 0.2) is 18.3 Å². The lowest BCUT2D eigenvalue weighted by molar-refractivity contribution is 0.0929. The number of nitrogens with one attached hydrogen (secondary N) is 1. The predicted molar refractivity (Wildman–Crippen MR) is 59.4 cm³/mol. The number of aliphatic hydroxyl groups excluding tert-OH is 1. The Hall–Kier alpha value is -1.62. The predicted octanol–water partition coefficient (Wildman–Crippen LogP) is 0.591. The summed E-state index contributed by atoms with van der Waals surface area (Å²) in [4.78, 5) is 15.6. The SMILES string of the molecule is COc1ccnc(C(=O)NC(C)CCO)c1. The van der Waals surface area contributed by atoms with Gasteiger partial charge >= 0.3 is 0 Å². The first kappa shape index (κ1) is 12.4. The van der Waals surface area contributed by atoms with E-state index < -0.39 is 0 Å². The Morgan fingerprint density at radius 1 is 1.69 bits per heavy atom. The number of methoxy groups -OCH3 is 1. The molecule has 1 rings (SSSR count). The van der Waals surface area contributed by atoms with Crippen molar-refractivity contribution in [1.82, 2.24) is 10.3 Å². The number of nitrogens with zero attached hydrogens (tertiary/aromatic N) is 1. The van der Waals surface area contributed by atoms with E-state index in [1.54, 1.807) is 12.1 Å².